The summed E-state index contributed by atoms with van der Waals surface area (Å²) in [6, 6.07) is 13.8. The van der Waals surface area contributed by atoms with Gasteiger partial charge in [0.1, 0.15) is 11.6 Å². The van der Waals surface area contributed by atoms with Crippen molar-refractivity contribution in [1.29, 1.82) is 0 Å². The Morgan fingerprint density at radius 3 is 2.16 bits per heavy atom. The lowest BCUT2D eigenvalue weighted by Gasteiger charge is -2.50. The van der Waals surface area contributed by atoms with E-state index < -0.39 is 77.9 Å². The van der Waals surface area contributed by atoms with Crippen LogP contribution in [0.25, 0.3) is 0 Å². The Labute approximate surface area is 251 Å². The number of ether oxygens (including phenoxy) is 3. The number of β-amino-alcohol motifs (C(OH)–C–C–N with tert-alkyl or cyclic N) is 1. The number of carbonyl (C=O) groups excluding carboxylic acids is 3. The summed E-state index contributed by atoms with van der Waals surface area (Å²) in [6.45, 7) is 6.93. The molecule has 43 heavy (non-hydrogen) atoms. The molecule has 234 valence electrons. The van der Waals surface area contributed by atoms with Gasteiger partial charge in [-0.25, -0.2) is 32.8 Å². The minimum absolute atomic E-state index is 0.0224. The number of benzene rings is 2. The molecule has 0 spiro atoms. The van der Waals surface area contributed by atoms with Crippen LogP contribution in [0.5, 0.6) is 0 Å². The quantitative estimate of drug-likeness (QED) is 0.446. The number of sulfonamides is 1. The highest BCUT2D eigenvalue weighted by molar-refractivity contribution is 7.89. The first kappa shape index (κ1) is 32.0. The average molecular weight is 619 g/mol. The van der Waals surface area contributed by atoms with Crippen LogP contribution in [0.3, 0.4) is 0 Å². The Bertz CT molecular complexity index is 1420. The number of hydrazine groups is 1. The third-order valence-corrected chi connectivity index (χ3v) is 8.92. The summed E-state index contributed by atoms with van der Waals surface area (Å²) >= 11 is 0. The number of amides is 3. The van der Waals surface area contributed by atoms with E-state index in [0.29, 0.717) is 0 Å². The molecule has 0 bridgehead atoms. The van der Waals surface area contributed by atoms with Crippen molar-refractivity contribution in [3.63, 3.8) is 0 Å². The van der Waals surface area contributed by atoms with Crippen LogP contribution in [0.4, 0.5) is 14.4 Å². The fourth-order valence-corrected chi connectivity index (χ4v) is 6.50. The standard InChI is InChI=1S/C29H38N4O9S/c1-19(2)40-27(35)32-17-25(42-26(34)30-15-22-9-7-6-8-10-22)29(37)18-31(16-24(29)33(32)28(36)41-20(3)4)43(38,39)23-13-11-21(5)12-14-23/h6-14,19-20,24-25,37H,15-18H2,1-5H3,(H,30,34)/t24-,25+,29-/m1/s1. The van der Waals surface area contributed by atoms with Crippen molar-refractivity contribution >= 4 is 28.3 Å². The van der Waals surface area contributed by atoms with E-state index in [0.717, 1.165) is 25.4 Å². The van der Waals surface area contributed by atoms with Crippen LogP contribution >= 0.6 is 0 Å². The van der Waals surface area contributed by atoms with Gasteiger partial charge in [0.25, 0.3) is 0 Å². The highest BCUT2D eigenvalue weighted by Crippen LogP contribution is 2.39. The molecule has 13 nitrogen and oxygen atoms in total. The molecule has 4 rings (SSSR count). The van der Waals surface area contributed by atoms with Gasteiger partial charge in [-0.1, -0.05) is 48.0 Å². The van der Waals surface area contributed by atoms with Gasteiger partial charge < -0.3 is 24.6 Å². The van der Waals surface area contributed by atoms with E-state index in [2.05, 4.69) is 5.32 Å². The van der Waals surface area contributed by atoms with E-state index in [1.807, 2.05) is 13.0 Å². The minimum atomic E-state index is -4.18. The monoisotopic (exact) mass is 618 g/mol. The Morgan fingerprint density at radius 1 is 0.953 bits per heavy atom. The predicted octanol–water partition coefficient (Wildman–Crippen LogP) is 3.02. The van der Waals surface area contributed by atoms with Crippen molar-refractivity contribution in [2.45, 2.75) is 76.0 Å². The molecule has 2 aromatic carbocycles. The van der Waals surface area contributed by atoms with E-state index in [1.165, 1.54) is 12.1 Å². The molecule has 0 aliphatic carbocycles. The molecule has 2 saturated heterocycles. The summed E-state index contributed by atoms with van der Waals surface area (Å²) in [5.41, 5.74) is -0.475. The van der Waals surface area contributed by atoms with Gasteiger partial charge in [-0.2, -0.15) is 4.31 Å². The van der Waals surface area contributed by atoms with E-state index >= 15 is 0 Å². The maximum Gasteiger partial charge on any atom is 0.429 e. The summed E-state index contributed by atoms with van der Waals surface area (Å²) in [5.74, 6) is 0. The first-order valence-corrected chi connectivity index (χ1v) is 15.4. The molecule has 3 atom stereocenters. The normalized spacial score (nSPS) is 22.3. The summed E-state index contributed by atoms with van der Waals surface area (Å²) in [6.07, 6.45) is -5.50. The predicted molar refractivity (Wildman–Crippen MR) is 154 cm³/mol. The van der Waals surface area contributed by atoms with Crippen LogP contribution in [0, 0.1) is 6.92 Å². The van der Waals surface area contributed by atoms with Crippen LogP contribution < -0.4 is 5.32 Å². The van der Waals surface area contributed by atoms with Gasteiger partial charge in [0.15, 0.2) is 6.10 Å². The van der Waals surface area contributed by atoms with Crippen LogP contribution in [0.15, 0.2) is 59.5 Å². The molecule has 2 aliphatic heterocycles. The van der Waals surface area contributed by atoms with Crippen LogP contribution in [0.1, 0.15) is 38.8 Å². The summed E-state index contributed by atoms with van der Waals surface area (Å²) in [5, 5.41) is 16.5. The molecule has 2 fully saturated rings. The summed E-state index contributed by atoms with van der Waals surface area (Å²) in [7, 11) is -4.18. The van der Waals surface area contributed by atoms with Crippen LogP contribution in [0.2, 0.25) is 0 Å². The highest BCUT2D eigenvalue weighted by Gasteiger charge is 2.64. The number of aliphatic hydroxyl groups is 1. The van der Waals surface area contributed by atoms with Gasteiger partial charge in [0.05, 0.1) is 23.6 Å². The number of nitrogens with zero attached hydrogens (tertiary/aromatic N) is 3. The Kier molecular flexibility index (Phi) is 9.52. The molecular weight excluding hydrogens is 580 g/mol. The second kappa shape index (κ2) is 12.8. The van der Waals surface area contributed by atoms with Crippen LogP contribution in [-0.4, -0.2) is 95.7 Å². The molecule has 0 saturated carbocycles. The topological polar surface area (TPSA) is 155 Å². The summed E-state index contributed by atoms with van der Waals surface area (Å²) in [4.78, 5) is 39.6. The zero-order valence-corrected chi connectivity index (χ0v) is 25.6. The lowest BCUT2D eigenvalue weighted by molar-refractivity contribution is -0.191. The van der Waals surface area contributed by atoms with Crippen molar-refractivity contribution in [2.75, 3.05) is 19.6 Å². The molecule has 0 unspecified atom stereocenters. The largest absolute Gasteiger partial charge is 0.445 e. The summed E-state index contributed by atoms with van der Waals surface area (Å²) < 4.78 is 44.8. The number of aryl methyl sites for hydroxylation is 1. The second-order valence-corrected chi connectivity index (χ2v) is 13.1. The average Bonchev–Trinajstić information content (AvgIpc) is 3.31. The zero-order valence-electron chi connectivity index (χ0n) is 24.8. The molecule has 2 aromatic rings. The van der Waals surface area contributed by atoms with Crippen molar-refractivity contribution in [2.24, 2.45) is 0 Å². The fourth-order valence-electron chi connectivity index (χ4n) is 5.01. The third kappa shape index (κ3) is 7.03. The molecular formula is C29H38N4O9S. The Balaban J connectivity index is 1.70. The van der Waals surface area contributed by atoms with E-state index in [9.17, 15) is 27.9 Å². The number of carbonyl (C=O) groups is 3. The van der Waals surface area contributed by atoms with E-state index in [4.69, 9.17) is 14.2 Å². The van der Waals surface area contributed by atoms with Gasteiger partial charge >= 0.3 is 18.3 Å². The third-order valence-electron chi connectivity index (χ3n) is 7.09. The maximum absolute atomic E-state index is 13.7. The first-order valence-electron chi connectivity index (χ1n) is 14.0. The van der Waals surface area contributed by atoms with Gasteiger partial charge in [-0.05, 0) is 52.3 Å². The van der Waals surface area contributed by atoms with E-state index in [1.54, 1.807) is 64.1 Å². The Morgan fingerprint density at radius 2 is 1.56 bits per heavy atom. The molecule has 2 N–H and O–H groups in total. The number of nitrogens with one attached hydrogen (secondary N) is 1. The van der Waals surface area contributed by atoms with Crippen molar-refractivity contribution in [3.05, 3.63) is 65.7 Å². The number of hydrogen-bond donors (Lipinski definition) is 2. The number of hydrogen-bond acceptors (Lipinski definition) is 9. The van der Waals surface area contributed by atoms with Gasteiger partial charge in [0.2, 0.25) is 10.0 Å². The van der Waals surface area contributed by atoms with Gasteiger partial charge in [0, 0.05) is 19.6 Å². The number of alkyl carbamates (subject to hydrolysis) is 1. The lowest BCUT2D eigenvalue weighted by Crippen LogP contribution is -2.73. The zero-order chi connectivity index (χ0) is 31.5. The molecule has 14 heteroatoms. The number of fused-ring (bicyclic) bond motifs is 1. The van der Waals surface area contributed by atoms with Crippen molar-refractivity contribution in [3.8, 4) is 0 Å². The fraction of sp³-hybridized carbons (Fsp3) is 0.483. The minimum Gasteiger partial charge on any atom is -0.445 e. The molecule has 3 amide bonds. The lowest BCUT2D eigenvalue weighted by atomic mass is 9.88. The highest BCUT2D eigenvalue weighted by atomic mass is 32.2. The van der Waals surface area contributed by atoms with Gasteiger partial charge in [-0.3, -0.25) is 0 Å². The SMILES string of the molecule is Cc1ccc(S(=O)(=O)N2C[C@H]3N(C(=O)OC(C)C)N(C(=O)OC(C)C)C[C@H](OC(=O)NCc4ccccc4)[C@@]3(O)C2)cc1. The van der Waals surface area contributed by atoms with E-state index in [-0.39, 0.29) is 11.4 Å². The van der Waals surface area contributed by atoms with Crippen LogP contribution in [-0.2, 0) is 30.8 Å². The Hall–Kier alpha value is -3.88. The molecule has 0 aromatic heterocycles. The second-order valence-electron chi connectivity index (χ2n) is 11.1. The van der Waals surface area contributed by atoms with Crippen molar-refractivity contribution in [1.82, 2.24) is 19.6 Å². The first-order chi connectivity index (χ1) is 20.2. The maximum atomic E-state index is 13.7. The molecule has 2 heterocycles. The smallest absolute Gasteiger partial charge is 0.429 e. The molecule has 2 aliphatic rings. The molecule has 0 radical (unpaired) electrons. The van der Waals surface area contributed by atoms with Crippen molar-refractivity contribution < 1.29 is 42.1 Å². The van der Waals surface area contributed by atoms with Gasteiger partial charge in [-0.15, -0.1) is 0 Å². The number of rotatable bonds is 7.